The third kappa shape index (κ3) is 23.4. The van der Waals surface area contributed by atoms with Gasteiger partial charge < -0.3 is 57.2 Å². The smallest absolute Gasteiger partial charge is 0.326 e. The Bertz CT molecular complexity index is 2250. The lowest BCUT2D eigenvalue weighted by molar-refractivity contribution is -0.141. The number of hydrogen-bond acceptors (Lipinski definition) is 14. The van der Waals surface area contributed by atoms with Crippen molar-refractivity contribution in [2.75, 3.05) is 91.6 Å². The van der Waals surface area contributed by atoms with Gasteiger partial charge in [-0.15, -0.1) is 0 Å². The normalized spacial score (nSPS) is 18.7. The Kier molecular flexibility index (Phi) is 25.6. The van der Waals surface area contributed by atoms with E-state index in [4.69, 9.17) is 5.11 Å². The average Bonchev–Trinajstić information content (AvgIpc) is 3.35. The Balaban J connectivity index is 1.29. The van der Waals surface area contributed by atoms with E-state index in [-0.39, 0.29) is 109 Å². The number of rotatable bonds is 28. The second-order valence-corrected chi connectivity index (χ2v) is 19.2. The van der Waals surface area contributed by atoms with Crippen molar-refractivity contribution < 1.29 is 78.6 Å². The molecule has 75 heavy (non-hydrogen) atoms. The van der Waals surface area contributed by atoms with Crippen molar-refractivity contribution in [1.29, 1.82) is 0 Å². The molecule has 25 heteroatoms. The number of nitrogens with one attached hydrogen (secondary N) is 5. The fourth-order valence-corrected chi connectivity index (χ4v) is 9.14. The number of amides is 5. The van der Waals surface area contributed by atoms with Gasteiger partial charge >= 0.3 is 41.8 Å². The molecule has 0 spiro atoms. The van der Waals surface area contributed by atoms with E-state index in [9.17, 15) is 73.5 Å². The van der Waals surface area contributed by atoms with Crippen LogP contribution >= 0.6 is 0 Å². The Morgan fingerprint density at radius 1 is 0.520 bits per heavy atom. The summed E-state index contributed by atoms with van der Waals surface area (Å²) < 4.78 is 0. The van der Waals surface area contributed by atoms with Crippen molar-refractivity contribution in [3.8, 4) is 0 Å². The van der Waals surface area contributed by atoms with Gasteiger partial charge in [0.25, 0.3) is 0 Å². The minimum Gasteiger partial charge on any atom is -0.481 e. The first-order valence-corrected chi connectivity index (χ1v) is 25.4. The van der Waals surface area contributed by atoms with Crippen LogP contribution in [0.2, 0.25) is 0 Å². The summed E-state index contributed by atoms with van der Waals surface area (Å²) in [6, 6.07) is 8.87. The maximum atomic E-state index is 13.8. The van der Waals surface area contributed by atoms with Gasteiger partial charge in [0.05, 0.1) is 26.2 Å². The number of unbranched alkanes of at least 4 members (excludes halogenated alkanes) is 1. The van der Waals surface area contributed by atoms with Gasteiger partial charge in [-0.2, -0.15) is 0 Å². The van der Waals surface area contributed by atoms with Crippen LogP contribution in [-0.4, -0.2) is 220 Å². The van der Waals surface area contributed by atoms with E-state index in [2.05, 4.69) is 26.6 Å². The van der Waals surface area contributed by atoms with Gasteiger partial charge in [0, 0.05) is 77.8 Å². The van der Waals surface area contributed by atoms with Crippen LogP contribution < -0.4 is 26.6 Å². The number of hydrogen-bond donors (Lipinski definition) is 11. The molecule has 0 bridgehead atoms. The summed E-state index contributed by atoms with van der Waals surface area (Å²) in [5.41, 5.74) is 0.964. The highest BCUT2D eigenvalue weighted by molar-refractivity contribution is 5.89. The molecular formula is C50H73N9O16. The number of aliphatic carboxylic acids is 6. The van der Waals surface area contributed by atoms with Crippen LogP contribution in [0.25, 0.3) is 10.8 Å². The van der Waals surface area contributed by atoms with Crippen molar-refractivity contribution in [1.82, 2.24) is 46.2 Å². The quantitative estimate of drug-likeness (QED) is 0.0500. The van der Waals surface area contributed by atoms with Crippen LogP contribution in [-0.2, 0) is 49.6 Å². The molecular weight excluding hydrogens is 983 g/mol. The molecule has 0 radical (unpaired) electrons. The number of aryl methyl sites for hydroxylation is 1. The van der Waals surface area contributed by atoms with Crippen LogP contribution in [0.3, 0.4) is 0 Å². The van der Waals surface area contributed by atoms with Crippen molar-refractivity contribution in [3.05, 3.63) is 48.0 Å². The molecule has 2 aromatic rings. The average molecular weight is 1060 g/mol. The summed E-state index contributed by atoms with van der Waals surface area (Å²) in [5.74, 6) is -8.59. The monoisotopic (exact) mass is 1060 g/mol. The second-order valence-electron chi connectivity index (χ2n) is 19.2. The highest BCUT2D eigenvalue weighted by Crippen LogP contribution is 2.29. The van der Waals surface area contributed by atoms with Crippen molar-refractivity contribution in [2.45, 2.75) is 88.8 Å². The molecule has 414 valence electrons. The van der Waals surface area contributed by atoms with E-state index in [0.29, 0.717) is 58.2 Å². The summed E-state index contributed by atoms with van der Waals surface area (Å²) >= 11 is 0. The predicted molar refractivity (Wildman–Crippen MR) is 270 cm³/mol. The summed E-state index contributed by atoms with van der Waals surface area (Å²) in [5, 5.41) is 71.5. The molecule has 1 heterocycles. The molecule has 4 rings (SSSR count). The lowest BCUT2D eigenvalue weighted by Crippen LogP contribution is -2.51. The number of nitrogens with zero attached hydrogens (tertiary/aromatic N) is 4. The predicted octanol–water partition coefficient (Wildman–Crippen LogP) is 0.0121. The largest absolute Gasteiger partial charge is 0.481 e. The molecule has 1 aliphatic heterocycles. The third-order valence-corrected chi connectivity index (χ3v) is 13.4. The fourth-order valence-electron chi connectivity index (χ4n) is 9.14. The van der Waals surface area contributed by atoms with Gasteiger partial charge in [-0.05, 0) is 86.5 Å². The molecule has 3 atom stereocenters. The number of carboxylic acid groups (broad SMARTS) is 6. The topological polar surface area (TPSA) is 365 Å². The van der Waals surface area contributed by atoms with E-state index in [1.807, 2.05) is 47.4 Å². The molecule has 11 N–H and O–H groups in total. The lowest BCUT2D eigenvalue weighted by atomic mass is 9.81. The first-order valence-electron chi connectivity index (χ1n) is 25.4. The summed E-state index contributed by atoms with van der Waals surface area (Å²) in [6.45, 7) is 1.76. The van der Waals surface area contributed by atoms with Gasteiger partial charge in [0.1, 0.15) is 18.1 Å². The van der Waals surface area contributed by atoms with Crippen LogP contribution in [0.5, 0.6) is 0 Å². The summed E-state index contributed by atoms with van der Waals surface area (Å²) in [7, 11) is 0. The van der Waals surface area contributed by atoms with Gasteiger partial charge in [-0.3, -0.25) is 53.2 Å². The van der Waals surface area contributed by atoms with E-state index >= 15 is 0 Å². The molecule has 25 nitrogen and oxygen atoms in total. The van der Waals surface area contributed by atoms with E-state index < -0.39 is 84.6 Å². The van der Waals surface area contributed by atoms with Crippen LogP contribution in [0, 0.1) is 11.8 Å². The van der Waals surface area contributed by atoms with Gasteiger partial charge in [0.15, 0.2) is 0 Å². The van der Waals surface area contributed by atoms with Gasteiger partial charge in [-0.1, -0.05) is 42.5 Å². The maximum Gasteiger partial charge on any atom is 0.326 e. The molecule has 1 aliphatic carbocycles. The fraction of sp³-hybridized carbons (Fsp3) is 0.600. The molecule has 2 fully saturated rings. The first-order chi connectivity index (χ1) is 35.7. The Morgan fingerprint density at radius 2 is 1.03 bits per heavy atom. The molecule has 1 saturated heterocycles. The lowest BCUT2D eigenvalue weighted by Gasteiger charge is -2.33. The minimum absolute atomic E-state index is 0.0263. The van der Waals surface area contributed by atoms with E-state index in [0.717, 1.165) is 16.3 Å². The number of carbonyl (C=O) groups is 10. The third-order valence-electron chi connectivity index (χ3n) is 13.4. The van der Waals surface area contributed by atoms with Crippen LogP contribution in [0.15, 0.2) is 42.5 Å². The van der Waals surface area contributed by atoms with E-state index in [1.54, 1.807) is 14.7 Å². The van der Waals surface area contributed by atoms with Gasteiger partial charge in [0.2, 0.25) is 17.7 Å². The van der Waals surface area contributed by atoms with Crippen LogP contribution in [0.4, 0.5) is 4.79 Å². The zero-order chi connectivity index (χ0) is 54.9. The molecule has 1 saturated carbocycles. The molecule has 2 aliphatic rings. The van der Waals surface area contributed by atoms with Gasteiger partial charge in [-0.25, -0.2) is 14.4 Å². The molecule has 2 aromatic carbocycles. The van der Waals surface area contributed by atoms with Crippen molar-refractivity contribution in [3.63, 3.8) is 0 Å². The highest BCUT2D eigenvalue weighted by Gasteiger charge is 2.31. The Hall–Kier alpha value is -6.96. The number of benzene rings is 2. The zero-order valence-electron chi connectivity index (χ0n) is 42.2. The molecule has 0 unspecified atom stereocenters. The molecule has 5 amide bonds. The number of carboxylic acids is 6. The maximum absolute atomic E-state index is 13.8. The van der Waals surface area contributed by atoms with Crippen LogP contribution in [0.1, 0.15) is 69.8 Å². The first kappa shape index (κ1) is 60.6. The van der Waals surface area contributed by atoms with Crippen molar-refractivity contribution in [2.24, 2.45) is 11.8 Å². The number of urea groups is 1. The highest BCUT2D eigenvalue weighted by atomic mass is 16.4. The second kappa shape index (κ2) is 31.7. The summed E-state index contributed by atoms with van der Waals surface area (Å²) in [4.78, 5) is 129. The Labute approximate surface area is 434 Å². The van der Waals surface area contributed by atoms with Crippen molar-refractivity contribution >= 4 is 70.3 Å². The number of fused-ring (bicyclic) bond motifs is 1. The number of carbonyl (C=O) groups excluding carboxylic acids is 4. The van der Waals surface area contributed by atoms with E-state index in [1.165, 1.54) is 0 Å². The molecule has 0 aromatic heterocycles. The minimum atomic E-state index is -1.55. The Morgan fingerprint density at radius 3 is 1.53 bits per heavy atom. The summed E-state index contributed by atoms with van der Waals surface area (Å²) in [6.07, 6.45) is 2.54. The SMILES string of the molecule is O=C(O)CC[C@H](NC(=O)N[C@@H](CCCCNC(=O)[C@H](CCc1ccc2ccccc2c1)NC(=O)[C@H]1CC[C@H](CNC(=O)CN2CCN(CC(=O)O)CCN(CC(=O)O)CCN(CC(=O)O)CC2)CC1)C(=O)O)C(=O)O. The zero-order valence-corrected chi connectivity index (χ0v) is 42.2. The standard InChI is InChI=1S/C50H73N9O16/c60-41(29-56-19-21-57(30-43(63)64)23-25-59(32-45(67)68)26-24-58(22-20-56)31-44(65)66)52-28-34-9-13-36(14-10-34)46(69)53-38(15-11-33-8-12-35-5-1-2-6-37(35)27-33)47(70)51-18-4-3-7-39(48(71)72)54-50(75)55-40(49(73)74)16-17-42(61)62/h1-2,5-6,8,12,27,34,36,38-40H,3-4,7,9-11,13-26,28-32H2,(H,51,70)(H,52,60)(H,53,69)(H,61,62)(H,63,64)(H,65,66)(H,67,68)(H,71,72)(H,73,74)(H2,54,55,75)/t34-,36-,38-,39-,40-/m0/s1.